The Labute approximate surface area is 162 Å². The quantitative estimate of drug-likeness (QED) is 0.644. The van der Waals surface area contributed by atoms with Gasteiger partial charge in [-0.05, 0) is 42.8 Å². The summed E-state index contributed by atoms with van der Waals surface area (Å²) in [4.78, 5) is 25.4. The van der Waals surface area contributed by atoms with Gasteiger partial charge in [-0.25, -0.2) is 4.39 Å². The van der Waals surface area contributed by atoms with Gasteiger partial charge in [0.25, 0.3) is 11.8 Å². The fourth-order valence-electron chi connectivity index (χ4n) is 2.59. The van der Waals surface area contributed by atoms with Crippen molar-refractivity contribution in [3.05, 3.63) is 107 Å². The molecular weight excluding hydrogens is 355 g/mol. The van der Waals surface area contributed by atoms with Crippen LogP contribution in [-0.4, -0.2) is 11.8 Å². The van der Waals surface area contributed by atoms with Gasteiger partial charge in [0, 0.05) is 16.8 Å². The molecule has 3 rings (SSSR count). The Morgan fingerprint density at radius 2 is 1.50 bits per heavy atom. The number of aryl methyl sites for hydroxylation is 1. The Hall–Kier alpha value is -3.73. The first-order valence-corrected chi connectivity index (χ1v) is 8.74. The normalized spacial score (nSPS) is 11.0. The molecular formula is C23H19FN2O2. The van der Waals surface area contributed by atoms with Crippen molar-refractivity contribution in [2.24, 2.45) is 0 Å². The summed E-state index contributed by atoms with van der Waals surface area (Å²) in [6.07, 6.45) is 1.32. The molecule has 4 nitrogen and oxygen atoms in total. The molecule has 0 radical (unpaired) electrons. The van der Waals surface area contributed by atoms with Gasteiger partial charge >= 0.3 is 0 Å². The zero-order valence-electron chi connectivity index (χ0n) is 15.3. The number of benzene rings is 3. The largest absolute Gasteiger partial charge is 0.320 e. The van der Waals surface area contributed by atoms with Crippen LogP contribution in [0.1, 0.15) is 21.5 Å². The molecule has 3 aromatic carbocycles. The van der Waals surface area contributed by atoms with Crippen molar-refractivity contribution in [3.8, 4) is 0 Å². The number of hydrogen-bond donors (Lipinski definition) is 2. The highest BCUT2D eigenvalue weighted by molar-refractivity contribution is 6.10. The van der Waals surface area contributed by atoms with Crippen LogP contribution in [0.2, 0.25) is 0 Å². The molecule has 140 valence electrons. The first-order valence-electron chi connectivity index (χ1n) is 8.74. The van der Waals surface area contributed by atoms with Crippen LogP contribution in [0.3, 0.4) is 0 Å². The Morgan fingerprint density at radius 1 is 0.857 bits per heavy atom. The minimum Gasteiger partial charge on any atom is -0.320 e. The van der Waals surface area contributed by atoms with E-state index < -0.39 is 17.6 Å². The Morgan fingerprint density at radius 3 is 2.21 bits per heavy atom. The number of halogens is 1. The van der Waals surface area contributed by atoms with Crippen LogP contribution in [0.15, 0.2) is 84.6 Å². The van der Waals surface area contributed by atoms with Crippen molar-refractivity contribution in [2.75, 3.05) is 5.32 Å². The van der Waals surface area contributed by atoms with Gasteiger partial charge in [-0.3, -0.25) is 9.59 Å². The zero-order valence-corrected chi connectivity index (χ0v) is 15.3. The summed E-state index contributed by atoms with van der Waals surface area (Å²) in [6, 6.07) is 21.8. The number of rotatable bonds is 5. The van der Waals surface area contributed by atoms with Crippen LogP contribution in [0, 0.1) is 12.7 Å². The maximum Gasteiger partial charge on any atom is 0.272 e. The standard InChI is InChI=1S/C23H19FN2O2/c1-16-9-5-8-14-20(16)25-23(28)21(15-18-12-6-7-13-19(18)24)26-22(27)17-10-3-2-4-11-17/h2-15H,1H3,(H,25,28)(H,26,27). The number of carbonyl (C=O) groups is 2. The molecule has 0 aliphatic heterocycles. The van der Waals surface area contributed by atoms with Crippen molar-refractivity contribution < 1.29 is 14.0 Å². The summed E-state index contributed by atoms with van der Waals surface area (Å²) in [5.74, 6) is -1.48. The molecule has 0 heterocycles. The van der Waals surface area contributed by atoms with Crippen molar-refractivity contribution in [1.29, 1.82) is 0 Å². The highest BCUT2D eigenvalue weighted by atomic mass is 19.1. The summed E-state index contributed by atoms with van der Waals surface area (Å²) in [6.45, 7) is 1.86. The minimum absolute atomic E-state index is 0.0535. The number of hydrogen-bond acceptors (Lipinski definition) is 2. The molecule has 0 spiro atoms. The van der Waals surface area contributed by atoms with Crippen molar-refractivity contribution in [3.63, 3.8) is 0 Å². The topological polar surface area (TPSA) is 58.2 Å². The number of para-hydroxylation sites is 1. The Kier molecular flexibility index (Phi) is 5.97. The van der Waals surface area contributed by atoms with Crippen LogP contribution in [0.4, 0.5) is 10.1 Å². The summed E-state index contributed by atoms with van der Waals surface area (Å²) in [7, 11) is 0. The van der Waals surface area contributed by atoms with Gasteiger partial charge in [-0.2, -0.15) is 0 Å². The van der Waals surface area contributed by atoms with E-state index in [9.17, 15) is 14.0 Å². The number of nitrogens with one attached hydrogen (secondary N) is 2. The van der Waals surface area contributed by atoms with E-state index in [1.54, 1.807) is 54.6 Å². The van der Waals surface area contributed by atoms with Crippen LogP contribution >= 0.6 is 0 Å². The lowest BCUT2D eigenvalue weighted by atomic mass is 10.1. The third-order valence-electron chi connectivity index (χ3n) is 4.13. The van der Waals surface area contributed by atoms with E-state index in [1.807, 2.05) is 19.1 Å². The molecule has 5 heteroatoms. The fraction of sp³-hybridized carbons (Fsp3) is 0.0435. The number of amides is 2. The molecule has 0 atom stereocenters. The summed E-state index contributed by atoms with van der Waals surface area (Å²) in [5, 5.41) is 5.35. The molecule has 2 N–H and O–H groups in total. The van der Waals surface area contributed by atoms with E-state index in [0.29, 0.717) is 11.3 Å². The minimum atomic E-state index is -0.540. The molecule has 3 aromatic rings. The molecule has 28 heavy (non-hydrogen) atoms. The number of carbonyl (C=O) groups excluding carboxylic acids is 2. The van der Waals surface area contributed by atoms with E-state index in [4.69, 9.17) is 0 Å². The molecule has 0 aromatic heterocycles. The van der Waals surface area contributed by atoms with Gasteiger partial charge in [-0.1, -0.05) is 54.6 Å². The molecule has 0 aliphatic carbocycles. The van der Waals surface area contributed by atoms with Crippen molar-refractivity contribution >= 4 is 23.6 Å². The highest BCUT2D eigenvalue weighted by Crippen LogP contribution is 2.16. The lowest BCUT2D eigenvalue weighted by Gasteiger charge is -2.13. The van der Waals surface area contributed by atoms with E-state index in [1.165, 1.54) is 18.2 Å². The summed E-state index contributed by atoms with van der Waals surface area (Å²) >= 11 is 0. The SMILES string of the molecule is Cc1ccccc1NC(=O)C(=Cc1ccccc1F)NC(=O)c1ccccc1. The Balaban J connectivity index is 1.92. The molecule has 0 aliphatic rings. The highest BCUT2D eigenvalue weighted by Gasteiger charge is 2.16. The first-order chi connectivity index (χ1) is 13.5. The van der Waals surface area contributed by atoms with Crippen molar-refractivity contribution in [2.45, 2.75) is 6.92 Å². The maximum absolute atomic E-state index is 14.1. The predicted octanol–water partition coefficient (Wildman–Crippen LogP) is 4.54. The maximum atomic E-state index is 14.1. The van der Waals surface area contributed by atoms with Crippen LogP contribution < -0.4 is 10.6 Å². The molecule has 0 saturated carbocycles. The second-order valence-corrected chi connectivity index (χ2v) is 6.17. The lowest BCUT2D eigenvalue weighted by molar-refractivity contribution is -0.113. The van der Waals surface area contributed by atoms with Gasteiger partial charge in [0.2, 0.25) is 0 Å². The zero-order chi connectivity index (χ0) is 19.9. The smallest absolute Gasteiger partial charge is 0.272 e. The second kappa shape index (κ2) is 8.77. The average Bonchev–Trinajstić information content (AvgIpc) is 2.71. The van der Waals surface area contributed by atoms with Gasteiger partial charge in [0.05, 0.1) is 0 Å². The molecule has 0 saturated heterocycles. The summed E-state index contributed by atoms with van der Waals surface area (Å²) < 4.78 is 14.1. The third kappa shape index (κ3) is 4.71. The van der Waals surface area contributed by atoms with Gasteiger partial charge in [0.1, 0.15) is 11.5 Å². The van der Waals surface area contributed by atoms with Gasteiger partial charge in [-0.15, -0.1) is 0 Å². The number of anilines is 1. The molecule has 0 bridgehead atoms. The van der Waals surface area contributed by atoms with E-state index in [0.717, 1.165) is 5.56 Å². The van der Waals surface area contributed by atoms with Crippen molar-refractivity contribution in [1.82, 2.24) is 5.32 Å². The van der Waals surface area contributed by atoms with Crippen LogP contribution in [0.25, 0.3) is 6.08 Å². The van der Waals surface area contributed by atoms with Crippen LogP contribution in [0.5, 0.6) is 0 Å². The second-order valence-electron chi connectivity index (χ2n) is 6.17. The summed E-state index contributed by atoms with van der Waals surface area (Å²) in [5.41, 5.74) is 2.02. The van der Waals surface area contributed by atoms with E-state index in [2.05, 4.69) is 10.6 Å². The van der Waals surface area contributed by atoms with Gasteiger partial charge < -0.3 is 10.6 Å². The first kappa shape index (κ1) is 19.0. The monoisotopic (exact) mass is 374 g/mol. The molecule has 0 unspecified atom stereocenters. The van der Waals surface area contributed by atoms with E-state index >= 15 is 0 Å². The lowest BCUT2D eigenvalue weighted by Crippen LogP contribution is -2.31. The third-order valence-corrected chi connectivity index (χ3v) is 4.13. The average molecular weight is 374 g/mol. The molecule has 0 fully saturated rings. The van der Waals surface area contributed by atoms with Gasteiger partial charge in [0.15, 0.2) is 0 Å². The predicted molar refractivity (Wildman–Crippen MR) is 108 cm³/mol. The Bertz CT molecular complexity index is 1030. The fourth-order valence-corrected chi connectivity index (χ4v) is 2.59. The van der Waals surface area contributed by atoms with E-state index in [-0.39, 0.29) is 11.3 Å². The molecule has 2 amide bonds. The van der Waals surface area contributed by atoms with Crippen LogP contribution in [-0.2, 0) is 4.79 Å².